The van der Waals surface area contributed by atoms with E-state index < -0.39 is 5.97 Å². The Hall–Kier alpha value is -8.92. The molecule has 5 aromatic heterocycles. The predicted octanol–water partition coefficient (Wildman–Crippen LogP) is 25.3. The Balaban J connectivity index is 0.000000168. The standard InChI is InChI=1S/C25H35N3O2S.C25H37N3OS.C20H25ClN2O2S.C17H20ClNO3S.C15H16ClNO3S.C10H12ClNOS/c1-20-23(19-24(29)28-16-6-3-7-17-28)31-25(26-20)21-9-11-22(12-10-21)30-18-8-15-27-13-4-2-5-14-27;1-21-24(13-19-28-16-6-3-7-17-28)30-25(26-21)22-9-11-23(12-10-22)29-20-8-18-27-14-4-2-5-15-27;1-15-18(14-19(24)23-11-3-2-4-12-23)26-20(22-15)16-6-8-17(9-7-16)25-13-5-10-21;1-3-21-16(20)11-15-12(2)19-17(23-15)13-5-7-14(8-6-13)22-10-4-9-18;1-10-13(9-14(18)19)21-15(17-10)11-3-5-12(6-4-11)20-8-2-7-16;11-6-1-7-13-9-4-2-8(3-5-9)10(12)14/h9-12H,2-8,13-19H2,1H3;9-12H,2-8,13-20H2,1H3;6-9H,2-5,10-14H2,1H3;5-8H,3-4,9-11H2,1-2H3;3-6H,2,7-9H2,1H3,(H,18,19);2-5H,1,6-7H2,(H2,12,14). The highest BCUT2D eigenvalue weighted by atomic mass is 35.5. The van der Waals surface area contributed by atoms with Gasteiger partial charge in [-0.25, -0.2) is 24.9 Å². The number of aliphatic carboxylic acids is 1. The number of carboxylic acids is 1. The third-order valence-electron chi connectivity index (χ3n) is 25.0. The Morgan fingerprint density at radius 3 is 0.841 bits per heavy atom. The molecule has 5 aliphatic rings. The maximum Gasteiger partial charge on any atom is 0.311 e. The maximum absolute atomic E-state index is 12.6. The summed E-state index contributed by atoms with van der Waals surface area (Å²) >= 11 is 35.3. The number of piperidine rings is 5. The van der Waals surface area contributed by atoms with Crippen molar-refractivity contribution in [2.24, 2.45) is 5.73 Å². The Morgan fingerprint density at radius 2 is 0.572 bits per heavy atom. The fourth-order valence-electron chi connectivity index (χ4n) is 16.8. The number of thiocarbonyl (C=S) groups is 1. The third-order valence-corrected chi connectivity index (χ3v) is 32.4. The molecule has 3 N–H and O–H groups in total. The number of carbonyl (C=O) groups is 4. The van der Waals surface area contributed by atoms with Gasteiger partial charge in [-0.05, 0) is 348 Å². The number of carbonyl (C=O) groups excluding carboxylic acids is 3. The number of carboxylic acid groups (broad SMARTS) is 1. The molecule has 5 aliphatic heterocycles. The van der Waals surface area contributed by atoms with Gasteiger partial charge in [-0.1, -0.05) is 31.5 Å². The molecule has 0 aliphatic carbocycles. The lowest BCUT2D eigenvalue weighted by molar-refractivity contribution is -0.142. The van der Waals surface area contributed by atoms with Gasteiger partial charge in [0.1, 0.15) is 64.5 Å². The van der Waals surface area contributed by atoms with E-state index in [4.69, 9.17) is 113 Å². The van der Waals surface area contributed by atoms with Crippen molar-refractivity contribution >= 4 is 144 Å². The van der Waals surface area contributed by atoms with Crippen LogP contribution in [0.15, 0.2) is 146 Å². The zero-order valence-electron chi connectivity index (χ0n) is 85.2. The number of halogens is 4. The van der Waals surface area contributed by atoms with Crippen molar-refractivity contribution < 1.29 is 57.4 Å². The summed E-state index contributed by atoms with van der Waals surface area (Å²) in [5.41, 5.74) is 16.4. The van der Waals surface area contributed by atoms with Crippen LogP contribution in [0.1, 0.15) is 200 Å². The number of alkyl halides is 4. The lowest BCUT2D eigenvalue weighted by Gasteiger charge is -2.26. The SMILES string of the molecule is CCOC(=O)Cc1sc(-c2ccc(OCCCCl)cc2)nc1C.Cc1nc(-c2ccc(OCCCCl)cc2)sc1CC(=O)N1CCCCC1.Cc1nc(-c2ccc(OCCCCl)cc2)sc1CC(=O)O.Cc1nc(-c2ccc(OCCCN3CCCCC3)cc2)sc1CC(=O)N1CCCCC1.Cc1nc(-c2ccc(OCCCN3CCCCC3)cc2)sc1CCN1CCCCC1.NC(=S)c1ccc(OCCCCl)cc1. The highest BCUT2D eigenvalue weighted by Crippen LogP contribution is 2.37. The Bertz CT molecular complexity index is 5620. The molecule has 0 unspecified atom stereocenters. The maximum atomic E-state index is 12.6. The molecule has 6 aromatic carbocycles. The Morgan fingerprint density at radius 1 is 0.331 bits per heavy atom. The number of hydrogen-bond donors (Lipinski definition) is 2. The zero-order chi connectivity index (χ0) is 103. The first-order valence-electron chi connectivity index (χ1n) is 51.5. The average Bonchev–Trinajstić information content (AvgIpc) is 1.71. The summed E-state index contributed by atoms with van der Waals surface area (Å²) in [7, 11) is 0. The molecule has 33 heteroatoms. The summed E-state index contributed by atoms with van der Waals surface area (Å²) in [4.78, 5) is 88.3. The highest BCUT2D eigenvalue weighted by Gasteiger charge is 2.25. The van der Waals surface area contributed by atoms with Crippen LogP contribution in [0.2, 0.25) is 0 Å². The number of likely N-dealkylation sites (tertiary alicyclic amines) is 5. The van der Waals surface area contributed by atoms with E-state index in [1.54, 1.807) is 29.6 Å². The second kappa shape index (κ2) is 65.1. The van der Waals surface area contributed by atoms with E-state index in [1.807, 2.05) is 158 Å². The van der Waals surface area contributed by atoms with Crippen molar-refractivity contribution in [3.63, 3.8) is 0 Å². The Kier molecular flexibility index (Phi) is 52.3. The highest BCUT2D eigenvalue weighted by molar-refractivity contribution is 7.80. The smallest absolute Gasteiger partial charge is 0.311 e. The van der Waals surface area contributed by atoms with Gasteiger partial charge in [-0.2, -0.15) is 0 Å². The fraction of sp³-hybridized carbons (Fsp3) is 0.500. The van der Waals surface area contributed by atoms with Crippen molar-refractivity contribution in [2.45, 2.75) is 208 Å². The first-order valence-corrected chi connectivity index (χ1v) is 58.1. The largest absolute Gasteiger partial charge is 0.494 e. The van der Waals surface area contributed by atoms with Crippen LogP contribution in [-0.4, -0.2) is 238 Å². The van der Waals surface area contributed by atoms with Gasteiger partial charge in [-0.3, -0.25) is 19.2 Å². The molecule has 11 aromatic rings. The number of esters is 1. The number of rotatable bonds is 44. The van der Waals surface area contributed by atoms with Gasteiger partial charge in [0.2, 0.25) is 11.8 Å². The summed E-state index contributed by atoms with van der Waals surface area (Å²) in [5.74, 6) is 6.97. The minimum atomic E-state index is -0.837. The van der Waals surface area contributed by atoms with Gasteiger partial charge in [0.15, 0.2) is 0 Å². The summed E-state index contributed by atoms with van der Waals surface area (Å²) in [6, 6.07) is 47.5. The number of benzene rings is 6. The lowest BCUT2D eigenvalue weighted by Crippen LogP contribution is -2.36. The third kappa shape index (κ3) is 41.2. The Labute approximate surface area is 904 Å². The van der Waals surface area contributed by atoms with Crippen molar-refractivity contribution in [1.29, 1.82) is 0 Å². The molecule has 16 rings (SSSR count). The number of nitrogens with two attached hydrogens (primary N) is 1. The number of thiazole rings is 5. The number of aryl methyl sites for hydroxylation is 5. The number of aromatic nitrogens is 5. The van der Waals surface area contributed by atoms with Crippen molar-refractivity contribution in [1.82, 2.24) is 49.4 Å². The number of nitrogens with zero attached hydrogens (tertiary/aromatic N) is 10. The fourth-order valence-corrected chi connectivity index (χ4v) is 22.7. The first-order chi connectivity index (χ1) is 70.6. The van der Waals surface area contributed by atoms with Crippen LogP contribution in [0.5, 0.6) is 34.5 Å². The van der Waals surface area contributed by atoms with Gasteiger partial charge < -0.3 is 68.5 Å². The molecule has 0 radical (unpaired) electrons. The van der Waals surface area contributed by atoms with Crippen LogP contribution in [0.3, 0.4) is 0 Å². The molecule has 0 saturated carbocycles. The van der Waals surface area contributed by atoms with Gasteiger partial charge in [-0.15, -0.1) is 103 Å². The normalized spacial score (nSPS) is 14.4. The van der Waals surface area contributed by atoms with E-state index in [1.165, 1.54) is 155 Å². The summed E-state index contributed by atoms with van der Waals surface area (Å²) < 4.78 is 39.1. The molecular weight excluding hydrogens is 2030 g/mol. The van der Waals surface area contributed by atoms with Gasteiger partial charge >= 0.3 is 11.9 Å². The first kappa shape index (κ1) is 116. The number of hydrogen-bond acceptors (Lipinski definition) is 25. The van der Waals surface area contributed by atoms with E-state index in [9.17, 15) is 19.2 Å². The van der Waals surface area contributed by atoms with Crippen LogP contribution < -0.4 is 34.2 Å². The topological polar surface area (TPSA) is 260 Å². The van der Waals surface area contributed by atoms with E-state index in [-0.39, 0.29) is 30.6 Å². The van der Waals surface area contributed by atoms with Crippen molar-refractivity contribution in [3.05, 3.63) is 204 Å². The van der Waals surface area contributed by atoms with Crippen molar-refractivity contribution in [3.8, 4) is 87.4 Å². The van der Waals surface area contributed by atoms with Crippen LogP contribution in [0.25, 0.3) is 52.9 Å². The van der Waals surface area contributed by atoms with E-state index in [0.717, 1.165) is 253 Å². The predicted molar refractivity (Wildman–Crippen MR) is 602 cm³/mol. The number of ether oxygens (including phenoxy) is 7. The molecule has 145 heavy (non-hydrogen) atoms. The molecule has 5 saturated heterocycles. The quantitative estimate of drug-likeness (QED) is 0.0156. The second-order valence-electron chi connectivity index (χ2n) is 36.4. The zero-order valence-corrected chi connectivity index (χ0v) is 93.1. The van der Waals surface area contributed by atoms with Crippen LogP contribution in [0.4, 0.5) is 0 Å². The van der Waals surface area contributed by atoms with Crippen LogP contribution >= 0.6 is 115 Å². The molecule has 2 amide bonds. The molecule has 0 atom stereocenters. The van der Waals surface area contributed by atoms with E-state index in [2.05, 4.69) is 73.0 Å². The molecule has 0 bridgehead atoms. The molecule has 784 valence electrons. The summed E-state index contributed by atoms with van der Waals surface area (Å²) in [5, 5.41) is 13.7. The lowest BCUT2D eigenvalue weighted by atomic mass is 10.1. The van der Waals surface area contributed by atoms with Gasteiger partial charge in [0.25, 0.3) is 0 Å². The summed E-state index contributed by atoms with van der Waals surface area (Å²) in [6.45, 7) is 30.8. The van der Waals surface area contributed by atoms with Crippen molar-refractivity contribution in [2.75, 3.05) is 155 Å². The van der Waals surface area contributed by atoms with E-state index >= 15 is 0 Å². The molecule has 5 fully saturated rings. The average molecular weight is 2170 g/mol. The van der Waals surface area contributed by atoms with Gasteiger partial charge in [0.05, 0.1) is 100 Å². The second-order valence-corrected chi connectivity index (χ2v) is 43.7. The minimum absolute atomic E-state index is 0.0170. The summed E-state index contributed by atoms with van der Waals surface area (Å²) in [6.07, 6.45) is 27.1. The van der Waals surface area contributed by atoms with Crippen LogP contribution in [0, 0.1) is 34.6 Å². The molecular formula is C112H145Cl4N11O12S6. The minimum Gasteiger partial charge on any atom is -0.494 e. The molecule has 0 spiro atoms. The van der Waals surface area contributed by atoms with Crippen LogP contribution in [-0.2, 0) is 56.0 Å². The monoisotopic (exact) mass is 2170 g/mol. The van der Waals surface area contributed by atoms with E-state index in [0.29, 0.717) is 74.4 Å². The molecule has 10 heterocycles. The number of amides is 2. The van der Waals surface area contributed by atoms with Gasteiger partial charge in [0, 0.05) is 127 Å². The molecule has 23 nitrogen and oxygen atoms in total.